The Labute approximate surface area is 109 Å². The van der Waals surface area contributed by atoms with Crippen molar-refractivity contribution in [3.05, 3.63) is 34.3 Å². The molecule has 90 valence electrons. The third kappa shape index (κ3) is 1.79. The van der Waals surface area contributed by atoms with Gasteiger partial charge in [-0.2, -0.15) is 0 Å². The highest BCUT2D eigenvalue weighted by atomic mass is 79.9. The van der Waals surface area contributed by atoms with E-state index in [0.717, 1.165) is 11.0 Å². The number of rotatable bonds is 3. The van der Waals surface area contributed by atoms with Gasteiger partial charge in [-0.15, -0.1) is 0 Å². The van der Waals surface area contributed by atoms with Gasteiger partial charge in [0, 0.05) is 23.5 Å². The zero-order valence-corrected chi connectivity index (χ0v) is 11.1. The predicted octanol–water partition coefficient (Wildman–Crippen LogP) is 1.61. The molecule has 2 fully saturated rings. The number of fused-ring (bicyclic) bond motifs is 1. The average molecular weight is 295 g/mol. The minimum atomic E-state index is 0.225. The van der Waals surface area contributed by atoms with Gasteiger partial charge in [0.2, 0.25) is 5.91 Å². The topological polar surface area (TPSA) is 46.3 Å². The van der Waals surface area contributed by atoms with Gasteiger partial charge in [-0.05, 0) is 30.0 Å². The van der Waals surface area contributed by atoms with Gasteiger partial charge in [-0.1, -0.05) is 34.1 Å². The highest BCUT2D eigenvalue weighted by Gasteiger charge is 2.60. The van der Waals surface area contributed by atoms with Crippen molar-refractivity contribution in [2.75, 3.05) is 13.1 Å². The fourth-order valence-electron chi connectivity index (χ4n) is 2.91. The number of nitrogens with two attached hydrogens (primary N) is 1. The van der Waals surface area contributed by atoms with Crippen LogP contribution in [0.25, 0.3) is 0 Å². The van der Waals surface area contributed by atoms with Crippen LogP contribution in [0.15, 0.2) is 28.7 Å². The Bertz CT molecular complexity index is 462. The molecule has 0 radical (unpaired) electrons. The molecule has 1 aromatic carbocycles. The lowest BCUT2D eigenvalue weighted by atomic mass is 10.2. The quantitative estimate of drug-likeness (QED) is 0.921. The molecule has 3 nitrogen and oxygen atoms in total. The normalized spacial score (nSPS) is 30.6. The number of carbonyl (C=O) groups is 1. The van der Waals surface area contributed by atoms with Crippen LogP contribution in [0.1, 0.15) is 5.56 Å². The van der Waals surface area contributed by atoms with Gasteiger partial charge in [0.15, 0.2) is 0 Å². The van der Waals surface area contributed by atoms with Crippen molar-refractivity contribution in [2.45, 2.75) is 6.54 Å². The first-order valence-electron chi connectivity index (χ1n) is 5.94. The van der Waals surface area contributed by atoms with Crippen LogP contribution < -0.4 is 5.73 Å². The Kier molecular flexibility index (Phi) is 2.71. The van der Waals surface area contributed by atoms with E-state index in [4.69, 9.17) is 5.73 Å². The standard InChI is InChI=1S/C13H15BrN2O/c14-11-4-2-1-3-8(11)6-16-7-10-9(5-15)12(10)13(16)17/h1-4,9-10,12H,5-7,15H2. The lowest BCUT2D eigenvalue weighted by Gasteiger charge is -2.20. The third-order valence-electron chi connectivity index (χ3n) is 3.95. The van der Waals surface area contributed by atoms with Crippen molar-refractivity contribution in [3.8, 4) is 0 Å². The molecule has 0 spiro atoms. The summed E-state index contributed by atoms with van der Waals surface area (Å²) in [7, 11) is 0. The molecule has 1 saturated carbocycles. The van der Waals surface area contributed by atoms with Crippen LogP contribution in [-0.2, 0) is 11.3 Å². The number of piperidine rings is 1. The number of hydrogen-bond acceptors (Lipinski definition) is 2. The smallest absolute Gasteiger partial charge is 0.226 e. The molecule has 3 atom stereocenters. The summed E-state index contributed by atoms with van der Waals surface area (Å²) in [4.78, 5) is 14.0. The highest BCUT2D eigenvalue weighted by molar-refractivity contribution is 9.10. The summed E-state index contributed by atoms with van der Waals surface area (Å²) < 4.78 is 1.07. The second-order valence-corrected chi connectivity index (χ2v) is 5.75. The molecule has 0 aromatic heterocycles. The van der Waals surface area contributed by atoms with Crippen LogP contribution in [0.2, 0.25) is 0 Å². The summed E-state index contributed by atoms with van der Waals surface area (Å²) >= 11 is 3.52. The van der Waals surface area contributed by atoms with Crippen molar-refractivity contribution in [1.29, 1.82) is 0 Å². The molecule has 1 aliphatic heterocycles. The van der Waals surface area contributed by atoms with E-state index >= 15 is 0 Å². The van der Waals surface area contributed by atoms with E-state index in [1.54, 1.807) is 0 Å². The van der Waals surface area contributed by atoms with E-state index in [1.165, 1.54) is 5.56 Å². The molecule has 2 N–H and O–H groups in total. The molecular formula is C13H15BrN2O. The molecule has 1 aliphatic carbocycles. The van der Waals surface area contributed by atoms with Gasteiger partial charge < -0.3 is 10.6 Å². The number of carbonyl (C=O) groups excluding carboxylic acids is 1. The first-order chi connectivity index (χ1) is 8.22. The van der Waals surface area contributed by atoms with Crippen LogP contribution in [0, 0.1) is 17.8 Å². The molecule has 0 bridgehead atoms. The molecule has 17 heavy (non-hydrogen) atoms. The van der Waals surface area contributed by atoms with Crippen molar-refractivity contribution < 1.29 is 4.79 Å². The first-order valence-corrected chi connectivity index (χ1v) is 6.74. The molecule has 1 amide bonds. The highest BCUT2D eigenvalue weighted by Crippen LogP contribution is 2.52. The molecule has 3 unspecified atom stereocenters. The molecule has 2 aliphatic rings. The molecule has 1 saturated heterocycles. The lowest BCUT2D eigenvalue weighted by molar-refractivity contribution is -0.131. The van der Waals surface area contributed by atoms with Crippen LogP contribution in [0.3, 0.4) is 0 Å². The van der Waals surface area contributed by atoms with E-state index in [-0.39, 0.29) is 5.92 Å². The van der Waals surface area contributed by atoms with Gasteiger partial charge in [0.05, 0.1) is 0 Å². The van der Waals surface area contributed by atoms with Crippen LogP contribution >= 0.6 is 15.9 Å². The van der Waals surface area contributed by atoms with E-state index in [0.29, 0.717) is 30.8 Å². The van der Waals surface area contributed by atoms with Gasteiger partial charge in [0.25, 0.3) is 0 Å². The fourth-order valence-corrected chi connectivity index (χ4v) is 3.32. The predicted molar refractivity (Wildman–Crippen MR) is 69.1 cm³/mol. The summed E-state index contributed by atoms with van der Waals surface area (Å²) in [5.74, 6) is 1.50. The number of likely N-dealkylation sites (tertiary alicyclic amines) is 1. The maximum Gasteiger partial charge on any atom is 0.226 e. The summed E-state index contributed by atoms with van der Waals surface area (Å²) in [6, 6.07) is 8.06. The number of benzene rings is 1. The van der Waals surface area contributed by atoms with E-state index < -0.39 is 0 Å². The Balaban J connectivity index is 1.69. The van der Waals surface area contributed by atoms with Crippen molar-refractivity contribution in [2.24, 2.45) is 23.5 Å². The Morgan fingerprint density at radius 1 is 1.41 bits per heavy atom. The molecular weight excluding hydrogens is 280 g/mol. The van der Waals surface area contributed by atoms with Gasteiger partial charge in [0.1, 0.15) is 0 Å². The molecule has 1 aromatic rings. The fraction of sp³-hybridized carbons (Fsp3) is 0.462. The number of halogens is 1. The van der Waals surface area contributed by atoms with Crippen molar-refractivity contribution >= 4 is 21.8 Å². The third-order valence-corrected chi connectivity index (χ3v) is 4.72. The molecule has 3 rings (SSSR count). The van der Waals surface area contributed by atoms with Crippen molar-refractivity contribution in [1.82, 2.24) is 4.90 Å². The summed E-state index contributed by atoms with van der Waals surface area (Å²) in [6.07, 6.45) is 0. The van der Waals surface area contributed by atoms with Crippen LogP contribution in [0.5, 0.6) is 0 Å². The molecule has 4 heteroatoms. The van der Waals surface area contributed by atoms with Gasteiger partial charge in [-0.3, -0.25) is 4.79 Å². The maximum atomic E-state index is 12.1. The zero-order valence-electron chi connectivity index (χ0n) is 9.47. The Morgan fingerprint density at radius 3 is 2.76 bits per heavy atom. The second-order valence-electron chi connectivity index (χ2n) is 4.90. The van der Waals surface area contributed by atoms with Crippen molar-refractivity contribution in [3.63, 3.8) is 0 Å². The Morgan fingerprint density at radius 2 is 2.18 bits per heavy atom. The van der Waals surface area contributed by atoms with E-state index in [1.807, 2.05) is 23.1 Å². The summed E-state index contributed by atoms with van der Waals surface area (Å²) in [5.41, 5.74) is 6.80. The Hall–Kier alpha value is -0.870. The van der Waals surface area contributed by atoms with E-state index in [9.17, 15) is 4.79 Å². The number of amides is 1. The SMILES string of the molecule is NCC1C2CN(Cc3ccccc3Br)C(=O)C12. The van der Waals surface area contributed by atoms with Gasteiger partial charge >= 0.3 is 0 Å². The first kappa shape index (κ1) is 11.2. The largest absolute Gasteiger partial charge is 0.338 e. The van der Waals surface area contributed by atoms with Crippen LogP contribution in [-0.4, -0.2) is 23.9 Å². The van der Waals surface area contributed by atoms with Crippen LogP contribution in [0.4, 0.5) is 0 Å². The summed E-state index contributed by atoms with van der Waals surface area (Å²) in [5, 5.41) is 0. The number of nitrogens with zero attached hydrogens (tertiary/aromatic N) is 1. The van der Waals surface area contributed by atoms with E-state index in [2.05, 4.69) is 22.0 Å². The minimum Gasteiger partial charge on any atom is -0.338 e. The van der Waals surface area contributed by atoms with Gasteiger partial charge in [-0.25, -0.2) is 0 Å². The maximum absolute atomic E-state index is 12.1. The second kappa shape index (κ2) is 4.10. The monoisotopic (exact) mass is 294 g/mol. The average Bonchev–Trinajstić information content (AvgIpc) is 2.94. The molecule has 1 heterocycles. The summed E-state index contributed by atoms with van der Waals surface area (Å²) in [6.45, 7) is 2.25. The number of hydrogen-bond donors (Lipinski definition) is 1. The lowest BCUT2D eigenvalue weighted by Crippen LogP contribution is -2.31. The minimum absolute atomic E-state index is 0.225. The zero-order chi connectivity index (χ0) is 12.0.